The Hall–Kier alpha value is -1.88. The molecule has 1 atom stereocenters. The first kappa shape index (κ1) is 12.6. The van der Waals surface area contributed by atoms with Gasteiger partial charge in [-0.1, -0.05) is 12.1 Å². The molecule has 0 aliphatic carbocycles. The maximum Gasteiger partial charge on any atom is 0.304 e. The van der Waals surface area contributed by atoms with E-state index in [1.165, 1.54) is 11.3 Å². The smallest absolute Gasteiger partial charge is 0.304 e. The maximum absolute atomic E-state index is 11.0. The fourth-order valence-electron chi connectivity index (χ4n) is 1.79. The van der Waals surface area contributed by atoms with Crippen LogP contribution in [-0.2, 0) is 4.79 Å². The van der Waals surface area contributed by atoms with Gasteiger partial charge in [-0.3, -0.25) is 4.79 Å². The van der Waals surface area contributed by atoms with E-state index in [2.05, 4.69) is 4.98 Å². The van der Waals surface area contributed by atoms with E-state index in [1.54, 1.807) is 13.3 Å². The molecule has 2 aromatic rings. The number of methoxy groups -OCH3 is 1. The maximum atomic E-state index is 11.0. The molecule has 5 heteroatoms. The highest BCUT2D eigenvalue weighted by Gasteiger charge is 2.20. The second-order valence-corrected chi connectivity index (χ2v) is 4.72. The second-order valence-electron chi connectivity index (χ2n) is 3.80. The first-order valence-corrected chi connectivity index (χ1v) is 6.34. The highest BCUT2D eigenvalue weighted by atomic mass is 32.1. The van der Waals surface area contributed by atoms with Crippen LogP contribution in [0.4, 0.5) is 0 Å². The van der Waals surface area contributed by atoms with E-state index in [0.717, 1.165) is 16.3 Å². The molecule has 1 heterocycles. The Morgan fingerprint density at radius 2 is 2.39 bits per heavy atom. The van der Waals surface area contributed by atoms with E-state index in [4.69, 9.17) is 9.84 Å². The lowest BCUT2D eigenvalue weighted by Gasteiger charge is -2.13. The Kier molecular flexibility index (Phi) is 3.94. The molecule has 18 heavy (non-hydrogen) atoms. The fourth-order valence-corrected chi connectivity index (χ4v) is 2.55. The zero-order valence-corrected chi connectivity index (χ0v) is 10.7. The van der Waals surface area contributed by atoms with Crippen molar-refractivity contribution in [3.8, 4) is 5.75 Å². The molecule has 0 spiro atoms. The Balaban J connectivity index is 2.36. The molecule has 4 nitrogen and oxygen atoms in total. The minimum absolute atomic E-state index is 0.0285. The molecule has 0 radical (unpaired) electrons. The first-order valence-electron chi connectivity index (χ1n) is 5.46. The van der Waals surface area contributed by atoms with Gasteiger partial charge in [0.15, 0.2) is 0 Å². The lowest BCUT2D eigenvalue weighted by molar-refractivity contribution is -0.137. The highest BCUT2D eigenvalue weighted by Crippen LogP contribution is 2.31. The van der Waals surface area contributed by atoms with E-state index in [-0.39, 0.29) is 12.3 Å². The van der Waals surface area contributed by atoms with E-state index in [0.29, 0.717) is 0 Å². The van der Waals surface area contributed by atoms with Crippen LogP contribution in [-0.4, -0.2) is 23.2 Å². The Labute approximate surface area is 109 Å². The molecule has 1 unspecified atom stereocenters. The molecular formula is C13H13NO3S. The first-order chi connectivity index (χ1) is 8.70. The minimum atomic E-state index is -0.835. The second kappa shape index (κ2) is 5.64. The SMILES string of the molecule is COc1cccc(C(CC(=O)O)c2nccs2)c1. The summed E-state index contributed by atoms with van der Waals surface area (Å²) in [7, 11) is 1.59. The molecule has 94 valence electrons. The number of benzene rings is 1. The van der Waals surface area contributed by atoms with Gasteiger partial charge in [0.2, 0.25) is 0 Å². The van der Waals surface area contributed by atoms with Gasteiger partial charge in [0.25, 0.3) is 0 Å². The predicted octanol–water partition coefficient (Wildman–Crippen LogP) is 2.76. The standard InChI is InChI=1S/C13H13NO3S/c1-17-10-4-2-3-9(7-10)11(8-12(15)16)13-14-5-6-18-13/h2-7,11H,8H2,1H3,(H,15,16). The molecule has 1 aromatic heterocycles. The number of thiazole rings is 1. The number of rotatable bonds is 5. The van der Waals surface area contributed by atoms with Crippen LogP contribution in [0.15, 0.2) is 35.8 Å². The van der Waals surface area contributed by atoms with Crippen molar-refractivity contribution in [3.63, 3.8) is 0 Å². The van der Waals surface area contributed by atoms with Gasteiger partial charge in [0.05, 0.1) is 13.5 Å². The van der Waals surface area contributed by atoms with Crippen LogP contribution in [0, 0.1) is 0 Å². The fraction of sp³-hybridized carbons (Fsp3) is 0.231. The van der Waals surface area contributed by atoms with Crippen LogP contribution in [0.25, 0.3) is 0 Å². The van der Waals surface area contributed by atoms with Gasteiger partial charge >= 0.3 is 5.97 Å². The molecular weight excluding hydrogens is 250 g/mol. The molecule has 0 saturated heterocycles. The predicted molar refractivity (Wildman–Crippen MR) is 69.2 cm³/mol. The molecule has 0 saturated carbocycles. The zero-order valence-electron chi connectivity index (χ0n) is 9.87. The Morgan fingerprint density at radius 1 is 1.56 bits per heavy atom. The number of aromatic nitrogens is 1. The number of ether oxygens (including phenoxy) is 1. The average Bonchev–Trinajstić information content (AvgIpc) is 2.89. The van der Waals surface area contributed by atoms with Crippen molar-refractivity contribution in [2.24, 2.45) is 0 Å². The van der Waals surface area contributed by atoms with Gasteiger partial charge in [-0.15, -0.1) is 11.3 Å². The van der Waals surface area contributed by atoms with Crippen molar-refractivity contribution in [1.29, 1.82) is 0 Å². The van der Waals surface area contributed by atoms with Gasteiger partial charge in [0.1, 0.15) is 10.8 Å². The molecule has 2 rings (SSSR count). The van der Waals surface area contributed by atoms with E-state index < -0.39 is 5.97 Å². The topological polar surface area (TPSA) is 59.4 Å². The summed E-state index contributed by atoms with van der Waals surface area (Å²) in [6, 6.07) is 7.45. The van der Waals surface area contributed by atoms with Crippen LogP contribution < -0.4 is 4.74 Å². The van der Waals surface area contributed by atoms with Gasteiger partial charge in [0, 0.05) is 17.5 Å². The van der Waals surface area contributed by atoms with E-state index in [1.807, 2.05) is 29.6 Å². The molecule has 0 aliphatic heterocycles. The summed E-state index contributed by atoms with van der Waals surface area (Å²) in [5.41, 5.74) is 0.909. The summed E-state index contributed by atoms with van der Waals surface area (Å²) in [6.07, 6.45) is 1.72. The third-order valence-corrected chi connectivity index (χ3v) is 3.51. The van der Waals surface area contributed by atoms with Crippen LogP contribution in [0.3, 0.4) is 0 Å². The monoisotopic (exact) mass is 263 g/mol. The van der Waals surface area contributed by atoms with Crippen molar-refractivity contribution in [3.05, 3.63) is 46.4 Å². The molecule has 0 aliphatic rings. The number of aliphatic carboxylic acids is 1. The van der Waals surface area contributed by atoms with Crippen molar-refractivity contribution >= 4 is 17.3 Å². The third kappa shape index (κ3) is 2.87. The van der Waals surface area contributed by atoms with Gasteiger partial charge in [-0.25, -0.2) is 4.98 Å². The number of nitrogens with zero attached hydrogens (tertiary/aromatic N) is 1. The largest absolute Gasteiger partial charge is 0.497 e. The van der Waals surface area contributed by atoms with Gasteiger partial charge in [-0.2, -0.15) is 0 Å². The van der Waals surface area contributed by atoms with Crippen LogP contribution in [0.2, 0.25) is 0 Å². The summed E-state index contributed by atoms with van der Waals surface area (Å²) in [5.74, 6) is -0.338. The molecule has 0 amide bonds. The van der Waals surface area contributed by atoms with Gasteiger partial charge < -0.3 is 9.84 Å². The van der Waals surface area contributed by atoms with Crippen LogP contribution in [0.5, 0.6) is 5.75 Å². The van der Waals surface area contributed by atoms with Gasteiger partial charge in [-0.05, 0) is 17.7 Å². The van der Waals surface area contributed by atoms with Crippen molar-refractivity contribution in [1.82, 2.24) is 4.98 Å². The van der Waals surface area contributed by atoms with Crippen molar-refractivity contribution < 1.29 is 14.6 Å². The quantitative estimate of drug-likeness (QED) is 0.901. The number of carbonyl (C=O) groups is 1. The summed E-state index contributed by atoms with van der Waals surface area (Å²) < 4.78 is 5.16. The summed E-state index contributed by atoms with van der Waals surface area (Å²) in [6.45, 7) is 0. The zero-order chi connectivity index (χ0) is 13.0. The number of carboxylic acid groups (broad SMARTS) is 1. The lowest BCUT2D eigenvalue weighted by Crippen LogP contribution is -2.07. The summed E-state index contributed by atoms with van der Waals surface area (Å²) >= 11 is 1.47. The minimum Gasteiger partial charge on any atom is -0.497 e. The third-order valence-electron chi connectivity index (χ3n) is 2.62. The molecule has 0 fully saturated rings. The summed E-state index contributed by atoms with van der Waals surface area (Å²) in [5, 5.41) is 11.7. The molecule has 1 aromatic carbocycles. The molecule has 0 bridgehead atoms. The Morgan fingerprint density at radius 3 is 3.00 bits per heavy atom. The number of hydrogen-bond acceptors (Lipinski definition) is 4. The van der Waals surface area contributed by atoms with Crippen molar-refractivity contribution in [2.45, 2.75) is 12.3 Å². The number of hydrogen-bond donors (Lipinski definition) is 1. The number of carboxylic acids is 1. The van der Waals surface area contributed by atoms with E-state index >= 15 is 0 Å². The van der Waals surface area contributed by atoms with Crippen LogP contribution >= 0.6 is 11.3 Å². The van der Waals surface area contributed by atoms with Crippen LogP contribution in [0.1, 0.15) is 22.9 Å². The highest BCUT2D eigenvalue weighted by molar-refractivity contribution is 7.09. The lowest BCUT2D eigenvalue weighted by atomic mass is 9.96. The van der Waals surface area contributed by atoms with Crippen molar-refractivity contribution in [2.75, 3.05) is 7.11 Å². The normalized spacial score (nSPS) is 12.1. The summed E-state index contributed by atoms with van der Waals surface area (Å²) in [4.78, 5) is 15.2. The Bertz CT molecular complexity index is 525. The van der Waals surface area contributed by atoms with E-state index in [9.17, 15) is 4.79 Å². The average molecular weight is 263 g/mol. The molecule has 1 N–H and O–H groups in total.